The molecule has 0 amide bonds. The second-order valence-electron chi connectivity index (χ2n) is 3.70. The Morgan fingerprint density at radius 1 is 1.50 bits per heavy atom. The van der Waals surface area contributed by atoms with Crippen molar-refractivity contribution < 1.29 is 0 Å². The number of aryl methyl sites for hydroxylation is 1. The molecule has 1 heteroatoms. The van der Waals surface area contributed by atoms with Crippen molar-refractivity contribution in [1.29, 1.82) is 0 Å². The topological polar surface area (TPSA) is 12.0 Å². The van der Waals surface area contributed by atoms with Gasteiger partial charge in [-0.05, 0) is 32.4 Å². The van der Waals surface area contributed by atoms with Gasteiger partial charge >= 0.3 is 0 Å². The second kappa shape index (κ2) is 5.61. The average Bonchev–Trinajstić information content (AvgIpc) is 2.17. The Morgan fingerprint density at radius 2 is 2.29 bits per heavy atom. The first kappa shape index (κ1) is 11.0. The molecule has 0 spiro atoms. The molecule has 0 aliphatic carbocycles. The fourth-order valence-corrected chi connectivity index (χ4v) is 1.63. The summed E-state index contributed by atoms with van der Waals surface area (Å²) in [6.07, 6.45) is 4.06. The van der Waals surface area contributed by atoms with Gasteiger partial charge in [-0.25, -0.2) is 0 Å². The maximum Gasteiger partial charge on any atom is 0.0139 e. The van der Waals surface area contributed by atoms with E-state index >= 15 is 0 Å². The largest absolute Gasteiger partial charge is 0.316 e. The third kappa shape index (κ3) is 3.35. The first-order valence-corrected chi connectivity index (χ1v) is 5.10. The lowest BCUT2D eigenvalue weighted by Gasteiger charge is -2.14. The standard InChI is InChI=1S/C13H19N/c1-4-6-13(14-3)10-12-8-5-7-11(2)9-12/h4-5,7-9,13-14H,1,6,10H2,2-3H3. The minimum atomic E-state index is 0.509. The Bertz CT molecular complexity index is 291. The molecule has 1 aromatic carbocycles. The number of benzene rings is 1. The highest BCUT2D eigenvalue weighted by molar-refractivity contribution is 5.23. The molecule has 0 fully saturated rings. The molecule has 0 saturated carbocycles. The van der Waals surface area contributed by atoms with Gasteiger partial charge in [-0.3, -0.25) is 0 Å². The van der Waals surface area contributed by atoms with Crippen molar-refractivity contribution in [3.05, 3.63) is 48.0 Å². The molecule has 0 aliphatic rings. The van der Waals surface area contributed by atoms with Crippen LogP contribution in [0.15, 0.2) is 36.9 Å². The molecule has 1 N–H and O–H groups in total. The Hall–Kier alpha value is -1.08. The molecule has 76 valence electrons. The van der Waals surface area contributed by atoms with Gasteiger partial charge < -0.3 is 5.32 Å². The third-order valence-electron chi connectivity index (χ3n) is 2.42. The summed E-state index contributed by atoms with van der Waals surface area (Å²) in [5.41, 5.74) is 2.72. The number of likely N-dealkylation sites (N-methyl/N-ethyl adjacent to an activating group) is 1. The molecule has 1 aromatic rings. The molecule has 1 unspecified atom stereocenters. The molecule has 0 aliphatic heterocycles. The van der Waals surface area contributed by atoms with Crippen LogP contribution in [0.2, 0.25) is 0 Å². The molecule has 1 atom stereocenters. The lowest BCUT2D eigenvalue weighted by atomic mass is 10.0. The highest BCUT2D eigenvalue weighted by Gasteiger charge is 2.04. The van der Waals surface area contributed by atoms with Gasteiger partial charge in [0, 0.05) is 6.04 Å². The van der Waals surface area contributed by atoms with Gasteiger partial charge in [0.2, 0.25) is 0 Å². The lowest BCUT2D eigenvalue weighted by molar-refractivity contribution is 0.566. The van der Waals surface area contributed by atoms with E-state index in [0.29, 0.717) is 6.04 Å². The molecule has 1 nitrogen and oxygen atoms in total. The molecular formula is C13H19N. The highest BCUT2D eigenvalue weighted by atomic mass is 14.9. The fraction of sp³-hybridized carbons (Fsp3) is 0.385. The summed E-state index contributed by atoms with van der Waals surface area (Å²) in [5.74, 6) is 0. The van der Waals surface area contributed by atoms with Gasteiger partial charge in [-0.15, -0.1) is 6.58 Å². The van der Waals surface area contributed by atoms with E-state index in [2.05, 4.69) is 43.1 Å². The zero-order valence-corrected chi connectivity index (χ0v) is 9.09. The summed E-state index contributed by atoms with van der Waals surface area (Å²) in [6.45, 7) is 5.90. The Labute approximate surface area is 86.8 Å². The zero-order chi connectivity index (χ0) is 10.4. The van der Waals surface area contributed by atoms with Crippen LogP contribution in [0.25, 0.3) is 0 Å². The third-order valence-corrected chi connectivity index (χ3v) is 2.42. The van der Waals surface area contributed by atoms with Gasteiger partial charge in [-0.1, -0.05) is 35.9 Å². The van der Waals surface area contributed by atoms with Gasteiger partial charge in [-0.2, -0.15) is 0 Å². The average molecular weight is 189 g/mol. The van der Waals surface area contributed by atoms with Crippen LogP contribution in [0.1, 0.15) is 17.5 Å². The van der Waals surface area contributed by atoms with E-state index in [1.54, 1.807) is 0 Å². The summed E-state index contributed by atoms with van der Waals surface area (Å²) in [7, 11) is 2.00. The van der Waals surface area contributed by atoms with Crippen LogP contribution in [0.5, 0.6) is 0 Å². The van der Waals surface area contributed by atoms with Crippen molar-refractivity contribution in [3.8, 4) is 0 Å². The van der Waals surface area contributed by atoms with Crippen molar-refractivity contribution in [1.82, 2.24) is 5.32 Å². The van der Waals surface area contributed by atoms with Crippen LogP contribution in [0, 0.1) is 6.92 Å². The van der Waals surface area contributed by atoms with E-state index in [9.17, 15) is 0 Å². The van der Waals surface area contributed by atoms with Crippen LogP contribution in [-0.4, -0.2) is 13.1 Å². The molecular weight excluding hydrogens is 170 g/mol. The van der Waals surface area contributed by atoms with Crippen molar-refractivity contribution >= 4 is 0 Å². The Morgan fingerprint density at radius 3 is 2.86 bits per heavy atom. The van der Waals surface area contributed by atoms with E-state index in [4.69, 9.17) is 0 Å². The van der Waals surface area contributed by atoms with E-state index in [1.807, 2.05) is 13.1 Å². The van der Waals surface area contributed by atoms with Crippen LogP contribution >= 0.6 is 0 Å². The highest BCUT2D eigenvalue weighted by Crippen LogP contribution is 2.08. The monoisotopic (exact) mass is 189 g/mol. The predicted octanol–water partition coefficient (Wildman–Crippen LogP) is 2.70. The molecule has 1 rings (SSSR count). The number of hydrogen-bond donors (Lipinski definition) is 1. The van der Waals surface area contributed by atoms with E-state index < -0.39 is 0 Å². The summed E-state index contributed by atoms with van der Waals surface area (Å²) in [4.78, 5) is 0. The van der Waals surface area contributed by atoms with Gasteiger partial charge in [0.25, 0.3) is 0 Å². The van der Waals surface area contributed by atoms with Crippen molar-refractivity contribution in [3.63, 3.8) is 0 Å². The van der Waals surface area contributed by atoms with Crippen molar-refractivity contribution in [2.75, 3.05) is 7.05 Å². The quantitative estimate of drug-likeness (QED) is 0.702. The van der Waals surface area contributed by atoms with Gasteiger partial charge in [0.05, 0.1) is 0 Å². The maximum absolute atomic E-state index is 3.77. The van der Waals surface area contributed by atoms with Crippen LogP contribution < -0.4 is 5.32 Å². The fourth-order valence-electron chi connectivity index (χ4n) is 1.63. The first-order valence-electron chi connectivity index (χ1n) is 5.10. The Kier molecular flexibility index (Phi) is 4.41. The van der Waals surface area contributed by atoms with Crippen molar-refractivity contribution in [2.24, 2.45) is 0 Å². The number of hydrogen-bond acceptors (Lipinski definition) is 1. The molecule has 0 aromatic heterocycles. The van der Waals surface area contributed by atoms with E-state index in [0.717, 1.165) is 12.8 Å². The molecule has 0 saturated heterocycles. The van der Waals surface area contributed by atoms with Crippen LogP contribution in [0.4, 0.5) is 0 Å². The number of rotatable bonds is 5. The molecule has 0 radical (unpaired) electrons. The second-order valence-corrected chi connectivity index (χ2v) is 3.70. The SMILES string of the molecule is C=CCC(Cc1cccc(C)c1)NC. The molecule has 0 bridgehead atoms. The normalized spacial score (nSPS) is 12.4. The van der Waals surface area contributed by atoms with Crippen molar-refractivity contribution in [2.45, 2.75) is 25.8 Å². The maximum atomic E-state index is 3.77. The minimum Gasteiger partial charge on any atom is -0.316 e. The van der Waals surface area contributed by atoms with Crippen LogP contribution in [0.3, 0.4) is 0 Å². The van der Waals surface area contributed by atoms with Crippen LogP contribution in [-0.2, 0) is 6.42 Å². The lowest BCUT2D eigenvalue weighted by Crippen LogP contribution is -2.26. The Balaban J connectivity index is 2.61. The minimum absolute atomic E-state index is 0.509. The molecule has 0 heterocycles. The molecule has 14 heavy (non-hydrogen) atoms. The predicted molar refractivity (Wildman–Crippen MR) is 62.5 cm³/mol. The summed E-state index contributed by atoms with van der Waals surface area (Å²) >= 11 is 0. The van der Waals surface area contributed by atoms with E-state index in [-0.39, 0.29) is 0 Å². The summed E-state index contributed by atoms with van der Waals surface area (Å²) in [5, 5.41) is 3.30. The zero-order valence-electron chi connectivity index (χ0n) is 9.09. The first-order chi connectivity index (χ1) is 6.76. The van der Waals surface area contributed by atoms with Gasteiger partial charge in [0.15, 0.2) is 0 Å². The van der Waals surface area contributed by atoms with E-state index in [1.165, 1.54) is 11.1 Å². The summed E-state index contributed by atoms with van der Waals surface area (Å²) in [6, 6.07) is 9.18. The number of nitrogens with one attached hydrogen (secondary N) is 1. The summed E-state index contributed by atoms with van der Waals surface area (Å²) < 4.78 is 0. The van der Waals surface area contributed by atoms with Gasteiger partial charge in [0.1, 0.15) is 0 Å². The smallest absolute Gasteiger partial charge is 0.0139 e.